The van der Waals surface area contributed by atoms with Crippen LogP contribution < -0.4 is 5.32 Å². The van der Waals surface area contributed by atoms with Gasteiger partial charge in [-0.2, -0.15) is 0 Å². The Morgan fingerprint density at radius 3 is 2.29 bits per heavy atom. The molecule has 0 aliphatic carbocycles. The Morgan fingerprint density at radius 1 is 1.07 bits per heavy atom. The number of urea groups is 1. The van der Waals surface area contributed by atoms with Crippen LogP contribution >= 0.6 is 0 Å². The molecule has 3 nitrogen and oxygen atoms in total. The zero-order valence-electron chi connectivity index (χ0n) is 9.81. The molecule has 0 spiro atoms. The summed E-state index contributed by atoms with van der Waals surface area (Å²) < 4.78 is 0. The molecule has 0 rings (SSSR count). The van der Waals surface area contributed by atoms with Crippen LogP contribution in [0.1, 0.15) is 46.5 Å². The zero-order valence-corrected chi connectivity index (χ0v) is 9.81. The van der Waals surface area contributed by atoms with E-state index in [0.717, 1.165) is 45.3 Å². The molecule has 3 heteroatoms. The zero-order chi connectivity index (χ0) is 10.8. The number of carbonyl (C=O) groups excluding carboxylic acids is 1. The summed E-state index contributed by atoms with van der Waals surface area (Å²) in [5.41, 5.74) is 0. The van der Waals surface area contributed by atoms with Crippen LogP contribution in [-0.4, -0.2) is 30.6 Å². The number of amides is 2. The summed E-state index contributed by atoms with van der Waals surface area (Å²) in [7, 11) is 0. The number of hydrogen-bond donors (Lipinski definition) is 1. The molecule has 0 unspecified atom stereocenters. The Labute approximate surface area is 87.9 Å². The Bertz CT molecular complexity index is 148. The second-order valence-electron chi connectivity index (χ2n) is 3.57. The number of nitrogens with zero attached hydrogens (tertiary/aromatic N) is 1. The van der Waals surface area contributed by atoms with Crippen molar-refractivity contribution in [2.45, 2.75) is 46.5 Å². The first-order valence-electron chi connectivity index (χ1n) is 5.79. The molecule has 1 N–H and O–H groups in total. The largest absolute Gasteiger partial charge is 0.338 e. The predicted octanol–water partition coefficient (Wildman–Crippen LogP) is 2.62. The second-order valence-corrected chi connectivity index (χ2v) is 3.57. The monoisotopic (exact) mass is 200 g/mol. The van der Waals surface area contributed by atoms with Crippen molar-refractivity contribution < 1.29 is 4.79 Å². The lowest BCUT2D eigenvalue weighted by molar-refractivity contribution is 0.197. The van der Waals surface area contributed by atoms with Crippen LogP contribution in [0.25, 0.3) is 0 Å². The number of rotatable bonds is 7. The first-order chi connectivity index (χ1) is 6.76. The average Bonchev–Trinajstić information content (AvgIpc) is 2.20. The lowest BCUT2D eigenvalue weighted by Crippen LogP contribution is -2.41. The number of unbranched alkanes of at least 4 members (excludes halogenated alkanes) is 1. The van der Waals surface area contributed by atoms with Gasteiger partial charge in [0.2, 0.25) is 0 Å². The molecule has 0 fully saturated rings. The fourth-order valence-electron chi connectivity index (χ4n) is 1.28. The molecule has 0 aromatic heterocycles. The van der Waals surface area contributed by atoms with E-state index in [1.165, 1.54) is 0 Å². The van der Waals surface area contributed by atoms with Crippen LogP contribution in [-0.2, 0) is 0 Å². The second kappa shape index (κ2) is 8.85. The van der Waals surface area contributed by atoms with Crippen molar-refractivity contribution in [2.75, 3.05) is 19.6 Å². The lowest BCUT2D eigenvalue weighted by atomic mass is 10.3. The van der Waals surface area contributed by atoms with Crippen molar-refractivity contribution in [3.63, 3.8) is 0 Å². The third-order valence-electron chi connectivity index (χ3n) is 2.09. The van der Waals surface area contributed by atoms with Gasteiger partial charge in [-0.15, -0.1) is 0 Å². The topological polar surface area (TPSA) is 32.3 Å². The standard InChI is InChI=1S/C11H24N2O/c1-4-7-10-13(9-6-3)11(14)12-8-5-2/h4-10H2,1-3H3,(H,12,14). The molecule has 84 valence electrons. The van der Waals surface area contributed by atoms with E-state index in [2.05, 4.69) is 26.1 Å². The summed E-state index contributed by atoms with van der Waals surface area (Å²) in [5.74, 6) is 0. The SMILES string of the molecule is CCCCN(CCC)C(=O)NCCC. The average molecular weight is 200 g/mol. The third kappa shape index (κ3) is 5.84. The summed E-state index contributed by atoms with van der Waals surface area (Å²) in [6.07, 6.45) is 4.27. The molecule has 0 radical (unpaired) electrons. The Kier molecular flexibility index (Phi) is 8.39. The number of nitrogens with one attached hydrogen (secondary N) is 1. The molecule has 0 aliphatic heterocycles. The van der Waals surface area contributed by atoms with Crippen molar-refractivity contribution in [3.05, 3.63) is 0 Å². The summed E-state index contributed by atoms with van der Waals surface area (Å²) in [4.78, 5) is 13.5. The number of carbonyl (C=O) groups is 1. The van der Waals surface area contributed by atoms with E-state index in [9.17, 15) is 4.79 Å². The molecule has 0 heterocycles. The summed E-state index contributed by atoms with van der Waals surface area (Å²) in [6.45, 7) is 8.86. The fourth-order valence-corrected chi connectivity index (χ4v) is 1.28. The van der Waals surface area contributed by atoms with Crippen molar-refractivity contribution in [3.8, 4) is 0 Å². The number of hydrogen-bond acceptors (Lipinski definition) is 1. The van der Waals surface area contributed by atoms with Crippen LogP contribution in [0.5, 0.6) is 0 Å². The van der Waals surface area contributed by atoms with Crippen molar-refractivity contribution in [1.29, 1.82) is 0 Å². The molecule has 14 heavy (non-hydrogen) atoms. The van der Waals surface area contributed by atoms with Crippen molar-refractivity contribution in [2.24, 2.45) is 0 Å². The van der Waals surface area contributed by atoms with Gasteiger partial charge in [-0.25, -0.2) is 4.79 Å². The molecule has 0 aromatic rings. The van der Waals surface area contributed by atoms with Gasteiger partial charge in [0.25, 0.3) is 0 Å². The predicted molar refractivity (Wildman–Crippen MR) is 60.5 cm³/mol. The molecule has 0 saturated heterocycles. The normalized spacial score (nSPS) is 9.93. The Balaban J connectivity index is 3.84. The summed E-state index contributed by atoms with van der Waals surface area (Å²) in [5, 5.41) is 2.91. The van der Waals surface area contributed by atoms with Crippen LogP contribution in [0.15, 0.2) is 0 Å². The van der Waals surface area contributed by atoms with Crippen molar-refractivity contribution in [1.82, 2.24) is 10.2 Å². The lowest BCUT2D eigenvalue weighted by Gasteiger charge is -2.22. The minimum absolute atomic E-state index is 0.0992. The van der Waals surface area contributed by atoms with E-state index >= 15 is 0 Å². The molecule has 0 aliphatic rings. The molecule has 0 saturated carbocycles. The van der Waals surface area contributed by atoms with Gasteiger partial charge in [-0.3, -0.25) is 0 Å². The van der Waals surface area contributed by atoms with E-state index in [0.29, 0.717) is 0 Å². The summed E-state index contributed by atoms with van der Waals surface area (Å²) >= 11 is 0. The molecular formula is C11H24N2O. The smallest absolute Gasteiger partial charge is 0.317 e. The molecule has 0 atom stereocenters. The molecule has 0 bridgehead atoms. The van der Waals surface area contributed by atoms with Crippen molar-refractivity contribution >= 4 is 6.03 Å². The van der Waals surface area contributed by atoms with E-state index < -0.39 is 0 Å². The van der Waals surface area contributed by atoms with Gasteiger partial charge in [-0.05, 0) is 19.3 Å². The maximum absolute atomic E-state index is 11.6. The minimum Gasteiger partial charge on any atom is -0.338 e. The highest BCUT2D eigenvalue weighted by Gasteiger charge is 2.09. The van der Waals surface area contributed by atoms with Gasteiger partial charge in [0, 0.05) is 19.6 Å². The minimum atomic E-state index is 0.0992. The van der Waals surface area contributed by atoms with Gasteiger partial charge in [-0.1, -0.05) is 27.2 Å². The third-order valence-corrected chi connectivity index (χ3v) is 2.09. The van der Waals surface area contributed by atoms with E-state index in [-0.39, 0.29) is 6.03 Å². The quantitative estimate of drug-likeness (QED) is 0.673. The van der Waals surface area contributed by atoms with Gasteiger partial charge in [0.15, 0.2) is 0 Å². The fraction of sp³-hybridized carbons (Fsp3) is 0.909. The Hall–Kier alpha value is -0.730. The highest BCUT2D eigenvalue weighted by Crippen LogP contribution is 1.97. The van der Waals surface area contributed by atoms with Gasteiger partial charge in [0.1, 0.15) is 0 Å². The maximum Gasteiger partial charge on any atom is 0.317 e. The van der Waals surface area contributed by atoms with Gasteiger partial charge in [0.05, 0.1) is 0 Å². The van der Waals surface area contributed by atoms with Crippen LogP contribution in [0.4, 0.5) is 4.79 Å². The van der Waals surface area contributed by atoms with E-state index in [1.54, 1.807) is 0 Å². The van der Waals surface area contributed by atoms with Crippen LogP contribution in [0.2, 0.25) is 0 Å². The highest BCUT2D eigenvalue weighted by atomic mass is 16.2. The molecular weight excluding hydrogens is 176 g/mol. The van der Waals surface area contributed by atoms with Crippen LogP contribution in [0, 0.1) is 0 Å². The van der Waals surface area contributed by atoms with E-state index in [4.69, 9.17) is 0 Å². The molecule has 2 amide bonds. The van der Waals surface area contributed by atoms with Crippen LogP contribution in [0.3, 0.4) is 0 Å². The van der Waals surface area contributed by atoms with Gasteiger partial charge >= 0.3 is 6.03 Å². The summed E-state index contributed by atoms with van der Waals surface area (Å²) in [6, 6.07) is 0.0992. The van der Waals surface area contributed by atoms with E-state index in [1.807, 2.05) is 4.90 Å². The van der Waals surface area contributed by atoms with Gasteiger partial charge < -0.3 is 10.2 Å². The molecule has 0 aromatic carbocycles. The Morgan fingerprint density at radius 2 is 1.79 bits per heavy atom. The first-order valence-corrected chi connectivity index (χ1v) is 5.79. The highest BCUT2D eigenvalue weighted by molar-refractivity contribution is 5.74. The first kappa shape index (κ1) is 13.3. The maximum atomic E-state index is 11.6.